The van der Waals surface area contributed by atoms with Crippen LogP contribution in [0.1, 0.15) is 45.4 Å². The highest BCUT2D eigenvalue weighted by Gasteiger charge is 2.47. The lowest BCUT2D eigenvalue weighted by Gasteiger charge is -2.34. The molecule has 2 N–H and O–H groups in total. The molecular weight excluding hydrogens is 192 g/mol. The van der Waals surface area contributed by atoms with Crippen molar-refractivity contribution in [3.8, 4) is 0 Å². The summed E-state index contributed by atoms with van der Waals surface area (Å²) >= 11 is 0. The highest BCUT2D eigenvalue weighted by Crippen LogP contribution is 2.39. The smallest absolute Gasteiger partial charge is 0.294 e. The minimum absolute atomic E-state index is 0.0499. The number of carbonyl (C=O) groups excluding carboxylic acids is 1. The molecule has 4 nitrogen and oxygen atoms in total. The second-order valence-corrected chi connectivity index (χ2v) is 4.58. The number of aliphatic imine (C=N–C) groups is 1. The molecule has 0 radical (unpaired) electrons. The molecule has 2 aliphatic rings. The van der Waals surface area contributed by atoms with Gasteiger partial charge in [-0.2, -0.15) is 4.99 Å². The summed E-state index contributed by atoms with van der Waals surface area (Å²) in [6.45, 7) is 2.20. The third-order valence-corrected chi connectivity index (χ3v) is 3.51. The van der Waals surface area contributed by atoms with Gasteiger partial charge in [-0.15, -0.1) is 0 Å². The summed E-state index contributed by atoms with van der Waals surface area (Å²) in [4.78, 5) is 15.3. The molecule has 1 saturated carbocycles. The molecule has 1 heterocycles. The number of hydrogen-bond donors (Lipinski definition) is 1. The van der Waals surface area contributed by atoms with Gasteiger partial charge in [-0.25, -0.2) is 0 Å². The van der Waals surface area contributed by atoms with Crippen molar-refractivity contribution in [2.24, 2.45) is 16.6 Å². The summed E-state index contributed by atoms with van der Waals surface area (Å²) in [6, 6.07) is 0.0499. The summed E-state index contributed by atoms with van der Waals surface area (Å²) in [6.07, 6.45) is 6.14. The van der Waals surface area contributed by atoms with E-state index in [1.807, 2.05) is 0 Å². The Morgan fingerprint density at radius 3 is 2.67 bits per heavy atom. The van der Waals surface area contributed by atoms with Crippen LogP contribution in [0.3, 0.4) is 0 Å². The van der Waals surface area contributed by atoms with E-state index in [-0.39, 0.29) is 11.9 Å². The van der Waals surface area contributed by atoms with E-state index in [0.29, 0.717) is 0 Å². The molecule has 4 heteroatoms. The molecule has 0 unspecified atom stereocenters. The van der Waals surface area contributed by atoms with Crippen LogP contribution in [-0.2, 0) is 9.53 Å². The van der Waals surface area contributed by atoms with Crippen LogP contribution < -0.4 is 5.73 Å². The molecule has 1 fully saturated rings. The molecule has 1 amide bonds. The Bertz CT molecular complexity index is 291. The molecule has 84 valence electrons. The molecule has 1 aliphatic heterocycles. The van der Waals surface area contributed by atoms with E-state index in [0.717, 1.165) is 31.6 Å². The van der Waals surface area contributed by atoms with E-state index in [1.54, 1.807) is 0 Å². The van der Waals surface area contributed by atoms with Crippen LogP contribution in [0.5, 0.6) is 0 Å². The van der Waals surface area contributed by atoms with Gasteiger partial charge in [0.1, 0.15) is 0 Å². The number of rotatable bonds is 2. The van der Waals surface area contributed by atoms with Gasteiger partial charge in [-0.1, -0.05) is 19.8 Å². The SMILES string of the molecule is CCCC1CCC2(CC1)OC(N)=NC2=O. The Labute approximate surface area is 89.9 Å². The van der Waals surface area contributed by atoms with Gasteiger partial charge < -0.3 is 10.5 Å². The Morgan fingerprint density at radius 2 is 2.20 bits per heavy atom. The Morgan fingerprint density at radius 1 is 1.53 bits per heavy atom. The number of nitrogens with two attached hydrogens (primary N) is 1. The lowest BCUT2D eigenvalue weighted by molar-refractivity contribution is -0.134. The molecule has 0 saturated heterocycles. The van der Waals surface area contributed by atoms with Crippen LogP contribution in [0.4, 0.5) is 0 Å². The second-order valence-electron chi connectivity index (χ2n) is 4.58. The number of hydrogen-bond acceptors (Lipinski definition) is 3. The summed E-state index contributed by atoms with van der Waals surface area (Å²) < 4.78 is 5.41. The molecule has 0 aromatic rings. The van der Waals surface area contributed by atoms with Crippen molar-refractivity contribution in [1.82, 2.24) is 0 Å². The van der Waals surface area contributed by atoms with E-state index >= 15 is 0 Å². The summed E-state index contributed by atoms with van der Waals surface area (Å²) in [5.41, 5.74) is 4.74. The van der Waals surface area contributed by atoms with E-state index in [1.165, 1.54) is 12.8 Å². The quantitative estimate of drug-likeness (QED) is 0.752. The first kappa shape index (κ1) is 10.5. The highest BCUT2D eigenvalue weighted by molar-refractivity contribution is 6.00. The minimum atomic E-state index is -0.686. The summed E-state index contributed by atoms with van der Waals surface area (Å²) in [5, 5.41) is 0. The molecule has 2 rings (SSSR count). The Balaban J connectivity index is 1.96. The average Bonchev–Trinajstić information content (AvgIpc) is 2.47. The first-order chi connectivity index (χ1) is 7.16. The minimum Gasteiger partial charge on any atom is -0.448 e. The lowest BCUT2D eigenvalue weighted by Crippen LogP contribution is -2.41. The molecular formula is C11H18N2O2. The van der Waals surface area contributed by atoms with Crippen LogP contribution >= 0.6 is 0 Å². The molecule has 1 aliphatic carbocycles. The number of amides is 1. The van der Waals surface area contributed by atoms with Crippen LogP contribution in [0, 0.1) is 5.92 Å². The Hall–Kier alpha value is -1.06. The van der Waals surface area contributed by atoms with Gasteiger partial charge in [0.15, 0.2) is 5.60 Å². The van der Waals surface area contributed by atoms with Crippen molar-refractivity contribution in [2.45, 2.75) is 51.0 Å². The predicted molar refractivity (Wildman–Crippen MR) is 57.3 cm³/mol. The van der Waals surface area contributed by atoms with Crippen molar-refractivity contribution < 1.29 is 9.53 Å². The number of nitrogens with zero attached hydrogens (tertiary/aromatic N) is 1. The maximum atomic E-state index is 11.6. The van der Waals surface area contributed by atoms with Gasteiger partial charge >= 0.3 is 0 Å². The molecule has 0 aromatic heterocycles. The van der Waals surface area contributed by atoms with Crippen LogP contribution in [0.25, 0.3) is 0 Å². The van der Waals surface area contributed by atoms with Crippen molar-refractivity contribution in [3.63, 3.8) is 0 Å². The monoisotopic (exact) mass is 210 g/mol. The fourth-order valence-electron chi connectivity index (χ4n) is 2.63. The van der Waals surface area contributed by atoms with Crippen LogP contribution in [0.2, 0.25) is 0 Å². The third-order valence-electron chi connectivity index (χ3n) is 3.51. The van der Waals surface area contributed by atoms with Crippen molar-refractivity contribution in [3.05, 3.63) is 0 Å². The van der Waals surface area contributed by atoms with E-state index in [2.05, 4.69) is 11.9 Å². The molecule has 0 atom stereocenters. The lowest BCUT2D eigenvalue weighted by atomic mass is 9.77. The van der Waals surface area contributed by atoms with E-state index < -0.39 is 5.60 Å². The van der Waals surface area contributed by atoms with Gasteiger partial charge in [0, 0.05) is 0 Å². The van der Waals surface area contributed by atoms with Gasteiger partial charge in [-0.05, 0) is 31.6 Å². The Kier molecular flexibility index (Phi) is 2.67. The van der Waals surface area contributed by atoms with Gasteiger partial charge in [0.05, 0.1) is 0 Å². The highest BCUT2D eigenvalue weighted by atomic mass is 16.5. The fraction of sp³-hybridized carbons (Fsp3) is 0.818. The first-order valence-electron chi connectivity index (χ1n) is 5.74. The van der Waals surface area contributed by atoms with Gasteiger partial charge in [0.25, 0.3) is 11.9 Å². The first-order valence-corrected chi connectivity index (χ1v) is 5.74. The zero-order valence-corrected chi connectivity index (χ0v) is 9.16. The summed E-state index contributed by atoms with van der Waals surface area (Å²) in [7, 11) is 0. The third kappa shape index (κ3) is 1.85. The van der Waals surface area contributed by atoms with E-state index in [4.69, 9.17) is 10.5 Å². The maximum absolute atomic E-state index is 11.6. The predicted octanol–water partition coefficient (Wildman–Crippen LogP) is 1.59. The van der Waals surface area contributed by atoms with Crippen LogP contribution in [-0.4, -0.2) is 17.5 Å². The average molecular weight is 210 g/mol. The van der Waals surface area contributed by atoms with Crippen molar-refractivity contribution in [2.75, 3.05) is 0 Å². The zero-order chi connectivity index (χ0) is 10.9. The maximum Gasteiger partial charge on any atom is 0.294 e. The summed E-state index contributed by atoms with van der Waals surface area (Å²) in [5.74, 6) is 0.578. The largest absolute Gasteiger partial charge is 0.448 e. The van der Waals surface area contributed by atoms with Crippen LogP contribution in [0.15, 0.2) is 4.99 Å². The molecule has 0 bridgehead atoms. The number of amidine groups is 1. The molecule has 0 aromatic carbocycles. The van der Waals surface area contributed by atoms with Crippen molar-refractivity contribution >= 4 is 11.9 Å². The zero-order valence-electron chi connectivity index (χ0n) is 9.16. The standard InChI is InChI=1S/C11H18N2O2/c1-2-3-8-4-6-11(7-5-8)9(14)13-10(12)15-11/h8H,2-7H2,1H3,(H2,12,13,14). The topological polar surface area (TPSA) is 64.7 Å². The normalized spacial score (nSPS) is 35.4. The van der Waals surface area contributed by atoms with Crippen molar-refractivity contribution in [1.29, 1.82) is 0 Å². The number of carbonyl (C=O) groups is 1. The second kappa shape index (κ2) is 3.83. The van der Waals surface area contributed by atoms with Gasteiger partial charge in [-0.3, -0.25) is 4.79 Å². The van der Waals surface area contributed by atoms with E-state index in [9.17, 15) is 4.79 Å². The molecule has 1 spiro atoms. The number of ether oxygens (including phenoxy) is 1. The fourth-order valence-corrected chi connectivity index (χ4v) is 2.63. The molecule has 15 heavy (non-hydrogen) atoms. The van der Waals surface area contributed by atoms with Gasteiger partial charge in [0.2, 0.25) is 0 Å².